The number of rotatable bonds is 11. The summed E-state index contributed by atoms with van der Waals surface area (Å²) < 4.78 is 53.0. The summed E-state index contributed by atoms with van der Waals surface area (Å²) >= 11 is 1.87. The molecule has 0 aromatic carbocycles. The Hall–Kier alpha value is -4.33. The van der Waals surface area contributed by atoms with Crippen LogP contribution in [0.2, 0.25) is 0 Å². The van der Waals surface area contributed by atoms with Gasteiger partial charge in [-0.05, 0) is 12.5 Å². The van der Waals surface area contributed by atoms with Crippen LogP contribution in [0.5, 0.6) is 0 Å². The summed E-state index contributed by atoms with van der Waals surface area (Å²) in [6.45, 7) is 1.71. The van der Waals surface area contributed by atoms with Gasteiger partial charge in [0.1, 0.15) is 22.8 Å². The van der Waals surface area contributed by atoms with Crippen molar-refractivity contribution in [2.75, 3.05) is 24.7 Å². The fraction of sp³-hybridized carbons (Fsp3) is 0.409. The number of aliphatic carboxylic acids is 1. The predicted molar refractivity (Wildman–Crippen MR) is 138 cm³/mol. The number of fused-ring (bicyclic) bond motifs is 1. The molecule has 0 aliphatic carbocycles. The molecule has 20 heteroatoms. The van der Waals surface area contributed by atoms with Gasteiger partial charge in [0.2, 0.25) is 12.9 Å². The molecular formula is C22H22F3N5O10S2. The van der Waals surface area contributed by atoms with E-state index in [1.165, 1.54) is 12.3 Å². The number of amides is 2. The summed E-state index contributed by atoms with van der Waals surface area (Å²) in [4.78, 5) is 70.8. The highest BCUT2D eigenvalue weighted by Gasteiger charge is 2.54. The molecule has 0 saturated carbocycles. The number of nitrogens with one attached hydrogen (secondary N) is 1. The maximum absolute atomic E-state index is 13.1. The van der Waals surface area contributed by atoms with Gasteiger partial charge in [-0.2, -0.15) is 13.2 Å². The first kappa shape index (κ1) is 32.2. The Balaban J connectivity index is 1.84. The van der Waals surface area contributed by atoms with E-state index in [9.17, 15) is 37.1 Å². The number of carboxylic acid groups (broad SMARTS) is 1. The van der Waals surface area contributed by atoms with Crippen LogP contribution in [0, 0.1) is 0 Å². The first-order valence-electron chi connectivity index (χ1n) is 11.6. The molecule has 0 radical (unpaired) electrons. The van der Waals surface area contributed by atoms with Gasteiger partial charge in [0, 0.05) is 24.1 Å². The number of carbonyl (C=O) groups is 5. The van der Waals surface area contributed by atoms with Crippen molar-refractivity contribution in [3.8, 4) is 0 Å². The third-order valence-electron chi connectivity index (χ3n) is 5.07. The van der Waals surface area contributed by atoms with Crippen molar-refractivity contribution in [2.45, 2.75) is 37.7 Å². The molecule has 3 rings (SSSR count). The van der Waals surface area contributed by atoms with Crippen molar-refractivity contribution in [3.63, 3.8) is 0 Å². The van der Waals surface area contributed by atoms with Crippen LogP contribution in [0.1, 0.15) is 19.5 Å². The number of carboxylic acids is 1. The molecule has 3 heterocycles. The number of carbonyl (C=O) groups excluding carboxylic acids is 4. The number of aromatic nitrogens is 1. The van der Waals surface area contributed by atoms with Gasteiger partial charge < -0.3 is 35.2 Å². The van der Waals surface area contributed by atoms with Crippen molar-refractivity contribution < 1.29 is 61.3 Å². The van der Waals surface area contributed by atoms with E-state index in [0.29, 0.717) is 6.08 Å². The number of alkyl halides is 3. The minimum absolute atomic E-state index is 0.0424. The second-order valence-corrected chi connectivity index (χ2v) is 10.1. The van der Waals surface area contributed by atoms with Crippen LogP contribution in [0.15, 0.2) is 34.0 Å². The van der Waals surface area contributed by atoms with Crippen LogP contribution >= 0.6 is 23.1 Å². The number of halogens is 3. The number of hydrogen-bond acceptors (Lipinski definition) is 14. The van der Waals surface area contributed by atoms with Crippen LogP contribution in [0.3, 0.4) is 0 Å². The quantitative estimate of drug-likeness (QED) is 0.103. The minimum Gasteiger partial charge on any atom is -0.479 e. The molecule has 1 aromatic rings. The van der Waals surface area contributed by atoms with E-state index < -0.39 is 71.8 Å². The molecule has 1 saturated heterocycles. The van der Waals surface area contributed by atoms with E-state index in [0.717, 1.165) is 34.9 Å². The zero-order valence-electron chi connectivity index (χ0n) is 21.6. The van der Waals surface area contributed by atoms with Gasteiger partial charge in [-0.1, -0.05) is 11.2 Å². The Morgan fingerprint density at radius 2 is 2.05 bits per heavy atom. The Bertz CT molecular complexity index is 1350. The number of nitrogen functional groups attached to an aromatic ring is 1. The molecule has 2 amide bonds. The van der Waals surface area contributed by atoms with Gasteiger partial charge in [0.05, 0.1) is 6.61 Å². The average molecular weight is 638 g/mol. The Labute approximate surface area is 242 Å². The molecule has 2 aliphatic heterocycles. The summed E-state index contributed by atoms with van der Waals surface area (Å²) in [5, 5.41) is 15.0. The zero-order valence-corrected chi connectivity index (χ0v) is 23.2. The third-order valence-corrected chi connectivity index (χ3v) is 7.05. The van der Waals surface area contributed by atoms with E-state index in [-0.39, 0.29) is 34.8 Å². The Morgan fingerprint density at radius 3 is 2.64 bits per heavy atom. The van der Waals surface area contributed by atoms with Crippen molar-refractivity contribution in [2.24, 2.45) is 5.16 Å². The number of ether oxygens (including phenoxy) is 3. The highest BCUT2D eigenvalue weighted by molar-refractivity contribution is 8.00. The molecule has 4 N–H and O–H groups in total. The number of oxime groups is 1. The molecule has 3 atom stereocenters. The van der Waals surface area contributed by atoms with Gasteiger partial charge in [-0.15, -0.1) is 23.1 Å². The lowest BCUT2D eigenvalue weighted by atomic mass is 10.0. The van der Waals surface area contributed by atoms with Gasteiger partial charge in [-0.25, -0.2) is 19.4 Å². The largest absolute Gasteiger partial charge is 0.511 e. The summed E-state index contributed by atoms with van der Waals surface area (Å²) in [6, 6.07) is -1.30. The van der Waals surface area contributed by atoms with E-state index in [2.05, 4.69) is 25.0 Å². The Morgan fingerprint density at radius 1 is 1.33 bits per heavy atom. The molecule has 228 valence electrons. The molecule has 0 spiro atoms. The van der Waals surface area contributed by atoms with Gasteiger partial charge in [0.15, 0.2) is 10.8 Å². The fourth-order valence-electron chi connectivity index (χ4n) is 3.44. The second kappa shape index (κ2) is 13.6. The third kappa shape index (κ3) is 8.12. The van der Waals surface area contributed by atoms with Crippen LogP contribution in [0.4, 0.5) is 23.1 Å². The molecular weight excluding hydrogens is 615 g/mol. The van der Waals surface area contributed by atoms with E-state index in [4.69, 9.17) is 20.3 Å². The molecule has 15 nitrogen and oxygen atoms in total. The van der Waals surface area contributed by atoms with Crippen LogP contribution in [-0.4, -0.2) is 93.5 Å². The first-order chi connectivity index (χ1) is 19.7. The number of thioether (sulfide) groups is 1. The van der Waals surface area contributed by atoms with E-state index in [1.54, 1.807) is 0 Å². The lowest BCUT2D eigenvalue weighted by Gasteiger charge is -2.49. The van der Waals surface area contributed by atoms with Crippen molar-refractivity contribution in [1.82, 2.24) is 15.2 Å². The lowest BCUT2D eigenvalue weighted by molar-refractivity contribution is -0.168. The smallest absolute Gasteiger partial charge is 0.479 e. The summed E-state index contributed by atoms with van der Waals surface area (Å²) in [7, 11) is 0. The summed E-state index contributed by atoms with van der Waals surface area (Å²) in [5.74, 6) is -4.79. The number of hydrogen-bond donors (Lipinski definition) is 3. The molecule has 2 aliphatic rings. The highest BCUT2D eigenvalue weighted by Crippen LogP contribution is 2.41. The zero-order chi connectivity index (χ0) is 31.2. The predicted octanol–water partition coefficient (Wildman–Crippen LogP) is 1.37. The fourth-order valence-corrected chi connectivity index (χ4v) is 5.30. The standard InChI is InChI=1S/C22H22F3N5O10S2/c1-3-37-21(36)40-9(2)39-19(35)15-10(4-5-22(23,24)25)7-41-18-14(17(34)30(15)18)28-16(33)13(29-38-6-12(31)32)11-8-42-20(26)27-11/h4-5,8-9,14,18H,3,6-7H2,1-2H3,(H2,26,27)(H,28,33)(H,31,32)/b5-4+,29-13-/t9?,14?,18-/m1/s1. The first-order valence-corrected chi connectivity index (χ1v) is 13.6. The van der Waals surface area contributed by atoms with Crippen LogP contribution < -0.4 is 11.1 Å². The van der Waals surface area contributed by atoms with Crippen molar-refractivity contribution in [1.29, 1.82) is 0 Å². The summed E-state index contributed by atoms with van der Waals surface area (Å²) in [6.07, 6.45) is -6.97. The molecule has 1 fully saturated rings. The normalized spacial score (nSPS) is 19.5. The van der Waals surface area contributed by atoms with E-state index >= 15 is 0 Å². The molecule has 0 bridgehead atoms. The monoisotopic (exact) mass is 637 g/mol. The van der Waals surface area contributed by atoms with Gasteiger partial charge in [0.25, 0.3) is 11.8 Å². The van der Waals surface area contributed by atoms with Crippen molar-refractivity contribution >= 4 is 63.9 Å². The average Bonchev–Trinajstić information content (AvgIpc) is 3.32. The van der Waals surface area contributed by atoms with Crippen LogP contribution in [-0.2, 0) is 38.2 Å². The second-order valence-electron chi connectivity index (χ2n) is 8.06. The number of esters is 1. The summed E-state index contributed by atoms with van der Waals surface area (Å²) in [5.41, 5.74) is 4.22. The number of nitrogens with zero attached hydrogens (tertiary/aromatic N) is 3. The number of allylic oxidation sites excluding steroid dienone is 2. The van der Waals surface area contributed by atoms with E-state index in [1.807, 2.05) is 0 Å². The maximum atomic E-state index is 13.1. The topological polar surface area (TPSA) is 209 Å². The molecule has 2 unspecified atom stereocenters. The number of thiazole rings is 1. The van der Waals surface area contributed by atoms with Crippen molar-refractivity contribution in [3.05, 3.63) is 34.5 Å². The number of nitrogens with two attached hydrogens (primary N) is 1. The Kier molecular flexibility index (Phi) is 10.4. The van der Waals surface area contributed by atoms with Gasteiger partial charge >= 0.3 is 24.3 Å². The lowest BCUT2D eigenvalue weighted by Crippen LogP contribution is -2.71. The van der Waals surface area contributed by atoms with Crippen LogP contribution in [0.25, 0.3) is 0 Å². The minimum atomic E-state index is -4.74. The van der Waals surface area contributed by atoms with Gasteiger partial charge in [-0.3, -0.25) is 14.5 Å². The molecule has 42 heavy (non-hydrogen) atoms. The number of anilines is 1. The number of β-lactam (4-membered cyclic amide) rings is 1. The SMILES string of the molecule is CCOC(=O)OC(C)OC(=O)C1=C(/C=C/C(F)(F)F)CS[C@@H]2C(NC(=O)/C(=N\OCC(=O)O)c3csc(N)n3)C(=O)N12. The molecule has 1 aromatic heterocycles. The highest BCUT2D eigenvalue weighted by atomic mass is 32.2. The maximum Gasteiger partial charge on any atom is 0.511 e.